The van der Waals surface area contributed by atoms with E-state index in [0.29, 0.717) is 6.04 Å². The molecule has 1 unspecified atom stereocenters. The minimum Gasteiger partial charge on any atom is -0.412 e. The Kier molecular flexibility index (Phi) is 3.24. The van der Waals surface area contributed by atoms with E-state index in [1.807, 2.05) is 6.92 Å². The summed E-state index contributed by atoms with van der Waals surface area (Å²) < 4.78 is 0. The number of carbonyl (C=O) groups excluding carboxylic acids is 1. The summed E-state index contributed by atoms with van der Waals surface area (Å²) in [5.41, 5.74) is 0. The van der Waals surface area contributed by atoms with Crippen LogP contribution in [0.4, 0.5) is 0 Å². The second-order valence-electron chi connectivity index (χ2n) is 2.36. The molecule has 0 spiro atoms. The van der Waals surface area contributed by atoms with Gasteiger partial charge in [-0.1, -0.05) is 0 Å². The summed E-state index contributed by atoms with van der Waals surface area (Å²) in [6.07, 6.45) is 2.93. The summed E-state index contributed by atoms with van der Waals surface area (Å²) in [4.78, 5) is 10.6. The van der Waals surface area contributed by atoms with Crippen molar-refractivity contribution in [1.82, 2.24) is 5.32 Å². The Hall–Kier alpha value is -0.570. The number of piperidine rings is 1. The SMILES string of the molecule is CC1CCCC(=O)N1.O. The van der Waals surface area contributed by atoms with Gasteiger partial charge in [0, 0.05) is 12.5 Å². The van der Waals surface area contributed by atoms with E-state index >= 15 is 0 Å². The third-order valence-electron chi connectivity index (χ3n) is 1.45. The van der Waals surface area contributed by atoms with Crippen molar-refractivity contribution in [3.8, 4) is 0 Å². The topological polar surface area (TPSA) is 60.6 Å². The van der Waals surface area contributed by atoms with Gasteiger partial charge in [0.15, 0.2) is 0 Å². The van der Waals surface area contributed by atoms with Crippen molar-refractivity contribution in [2.75, 3.05) is 0 Å². The molecule has 3 N–H and O–H groups in total. The van der Waals surface area contributed by atoms with Crippen molar-refractivity contribution in [3.05, 3.63) is 0 Å². The lowest BCUT2D eigenvalue weighted by Gasteiger charge is -2.18. The van der Waals surface area contributed by atoms with Crippen molar-refractivity contribution in [2.24, 2.45) is 0 Å². The molecule has 9 heavy (non-hydrogen) atoms. The Morgan fingerprint density at radius 1 is 1.67 bits per heavy atom. The number of nitrogens with one attached hydrogen (secondary N) is 1. The predicted molar refractivity (Wildman–Crippen MR) is 35.1 cm³/mol. The molecule has 0 aromatic rings. The first-order valence-corrected chi connectivity index (χ1v) is 3.08. The highest BCUT2D eigenvalue weighted by atomic mass is 16.1. The first-order chi connectivity index (χ1) is 3.79. The fourth-order valence-corrected chi connectivity index (χ4v) is 0.988. The summed E-state index contributed by atoms with van der Waals surface area (Å²) in [6, 6.07) is 0.413. The summed E-state index contributed by atoms with van der Waals surface area (Å²) in [7, 11) is 0. The van der Waals surface area contributed by atoms with E-state index in [0.717, 1.165) is 19.3 Å². The van der Waals surface area contributed by atoms with Crippen LogP contribution in [-0.2, 0) is 4.79 Å². The van der Waals surface area contributed by atoms with Crippen LogP contribution >= 0.6 is 0 Å². The van der Waals surface area contributed by atoms with Crippen LogP contribution in [0.3, 0.4) is 0 Å². The Morgan fingerprint density at radius 2 is 2.33 bits per heavy atom. The molecule has 3 nitrogen and oxygen atoms in total. The maximum Gasteiger partial charge on any atom is 0.220 e. The minimum absolute atomic E-state index is 0. The Morgan fingerprint density at radius 3 is 2.67 bits per heavy atom. The predicted octanol–water partition coefficient (Wildman–Crippen LogP) is -0.150. The van der Waals surface area contributed by atoms with Gasteiger partial charge in [0.05, 0.1) is 0 Å². The van der Waals surface area contributed by atoms with Gasteiger partial charge >= 0.3 is 0 Å². The van der Waals surface area contributed by atoms with Gasteiger partial charge in [-0.25, -0.2) is 0 Å². The standard InChI is InChI=1S/C6H11NO.H2O/c1-5-3-2-4-6(8)7-5;/h5H,2-4H2,1H3,(H,7,8);1H2. The van der Waals surface area contributed by atoms with Crippen LogP contribution in [0.15, 0.2) is 0 Å². The van der Waals surface area contributed by atoms with Gasteiger partial charge in [-0.15, -0.1) is 0 Å². The molecule has 1 amide bonds. The zero-order chi connectivity index (χ0) is 5.98. The molecule has 1 fully saturated rings. The molecule has 0 radical (unpaired) electrons. The number of carbonyl (C=O) groups is 1. The highest BCUT2D eigenvalue weighted by Crippen LogP contribution is 2.05. The average Bonchev–Trinajstić information content (AvgIpc) is 1.64. The third-order valence-corrected chi connectivity index (χ3v) is 1.45. The number of hydrogen-bond donors (Lipinski definition) is 1. The van der Waals surface area contributed by atoms with Crippen LogP contribution in [0.1, 0.15) is 26.2 Å². The maximum absolute atomic E-state index is 10.6. The Labute approximate surface area is 54.8 Å². The van der Waals surface area contributed by atoms with E-state index in [4.69, 9.17) is 0 Å². The minimum atomic E-state index is 0. The summed E-state index contributed by atoms with van der Waals surface area (Å²) in [5.74, 6) is 0.212. The molecule has 54 valence electrons. The molecule has 1 atom stereocenters. The summed E-state index contributed by atoms with van der Waals surface area (Å²) >= 11 is 0. The molecule has 1 aliphatic rings. The van der Waals surface area contributed by atoms with Crippen molar-refractivity contribution >= 4 is 5.91 Å². The van der Waals surface area contributed by atoms with Crippen LogP contribution in [0, 0.1) is 0 Å². The first-order valence-electron chi connectivity index (χ1n) is 3.08. The number of hydrogen-bond acceptors (Lipinski definition) is 1. The van der Waals surface area contributed by atoms with Crippen LogP contribution in [0.25, 0.3) is 0 Å². The maximum atomic E-state index is 10.6. The van der Waals surface area contributed by atoms with Gasteiger partial charge in [-0.3, -0.25) is 4.79 Å². The molecular formula is C6H13NO2. The largest absolute Gasteiger partial charge is 0.412 e. The molecule has 0 aromatic heterocycles. The smallest absolute Gasteiger partial charge is 0.220 e. The summed E-state index contributed by atoms with van der Waals surface area (Å²) in [6.45, 7) is 2.04. The van der Waals surface area contributed by atoms with Crippen molar-refractivity contribution < 1.29 is 10.3 Å². The van der Waals surface area contributed by atoms with Crippen molar-refractivity contribution in [3.63, 3.8) is 0 Å². The van der Waals surface area contributed by atoms with Gasteiger partial charge in [0.1, 0.15) is 0 Å². The second kappa shape index (κ2) is 3.45. The normalized spacial score (nSPS) is 26.3. The van der Waals surface area contributed by atoms with Gasteiger partial charge in [-0.05, 0) is 19.8 Å². The lowest BCUT2D eigenvalue weighted by molar-refractivity contribution is -0.123. The first kappa shape index (κ1) is 8.43. The highest BCUT2D eigenvalue weighted by molar-refractivity contribution is 5.76. The van der Waals surface area contributed by atoms with Gasteiger partial charge in [-0.2, -0.15) is 0 Å². The lowest BCUT2D eigenvalue weighted by Crippen LogP contribution is -2.36. The van der Waals surface area contributed by atoms with Crippen LogP contribution in [0.2, 0.25) is 0 Å². The van der Waals surface area contributed by atoms with Crippen LogP contribution in [-0.4, -0.2) is 17.4 Å². The second-order valence-corrected chi connectivity index (χ2v) is 2.36. The molecule has 1 saturated heterocycles. The van der Waals surface area contributed by atoms with Gasteiger partial charge < -0.3 is 10.8 Å². The Balaban J connectivity index is 0.000000640. The van der Waals surface area contributed by atoms with Crippen LogP contribution in [0.5, 0.6) is 0 Å². The van der Waals surface area contributed by atoms with Crippen LogP contribution < -0.4 is 5.32 Å². The molecule has 0 saturated carbocycles. The quantitative estimate of drug-likeness (QED) is 0.488. The molecule has 1 rings (SSSR count). The fraction of sp³-hybridized carbons (Fsp3) is 0.833. The summed E-state index contributed by atoms with van der Waals surface area (Å²) in [5, 5.41) is 2.84. The van der Waals surface area contributed by atoms with Crippen molar-refractivity contribution in [1.29, 1.82) is 0 Å². The molecule has 3 heteroatoms. The monoisotopic (exact) mass is 131 g/mol. The number of rotatable bonds is 0. The van der Waals surface area contributed by atoms with E-state index in [-0.39, 0.29) is 11.4 Å². The fourth-order valence-electron chi connectivity index (χ4n) is 0.988. The van der Waals surface area contributed by atoms with E-state index in [2.05, 4.69) is 5.32 Å². The van der Waals surface area contributed by atoms with Gasteiger partial charge in [0.2, 0.25) is 5.91 Å². The zero-order valence-electron chi connectivity index (χ0n) is 5.61. The van der Waals surface area contributed by atoms with Crippen molar-refractivity contribution in [2.45, 2.75) is 32.2 Å². The third kappa shape index (κ3) is 2.46. The molecule has 1 aliphatic heterocycles. The van der Waals surface area contributed by atoms with Gasteiger partial charge in [0.25, 0.3) is 0 Å². The zero-order valence-corrected chi connectivity index (χ0v) is 5.61. The van der Waals surface area contributed by atoms with E-state index in [1.165, 1.54) is 0 Å². The number of amides is 1. The molecule has 0 aliphatic carbocycles. The van der Waals surface area contributed by atoms with E-state index in [1.54, 1.807) is 0 Å². The Bertz CT molecular complexity index is 103. The highest BCUT2D eigenvalue weighted by Gasteiger charge is 2.12. The molecule has 0 aromatic carbocycles. The van der Waals surface area contributed by atoms with E-state index < -0.39 is 0 Å². The lowest BCUT2D eigenvalue weighted by atomic mass is 10.1. The van der Waals surface area contributed by atoms with E-state index in [9.17, 15) is 4.79 Å². The molecule has 0 bridgehead atoms. The molecular weight excluding hydrogens is 118 g/mol. The average molecular weight is 131 g/mol. The molecule has 1 heterocycles.